The van der Waals surface area contributed by atoms with Gasteiger partial charge in [0, 0.05) is 18.2 Å². The lowest BCUT2D eigenvalue weighted by Crippen LogP contribution is -2.19. The summed E-state index contributed by atoms with van der Waals surface area (Å²) in [6.45, 7) is 2.88. The zero-order valence-electron chi connectivity index (χ0n) is 12.0. The Morgan fingerprint density at radius 2 is 2.00 bits per heavy atom. The molecule has 112 valence electrons. The summed E-state index contributed by atoms with van der Waals surface area (Å²) >= 11 is 0. The molecule has 1 aromatic carbocycles. The van der Waals surface area contributed by atoms with Gasteiger partial charge in [0.15, 0.2) is 9.84 Å². The van der Waals surface area contributed by atoms with E-state index in [9.17, 15) is 8.42 Å². The van der Waals surface area contributed by atoms with E-state index >= 15 is 0 Å². The molecule has 2 rings (SSSR count). The molecule has 0 aliphatic heterocycles. The topological polar surface area (TPSA) is 55.4 Å². The van der Waals surface area contributed by atoms with Crippen LogP contribution in [0.3, 0.4) is 0 Å². The fourth-order valence-corrected chi connectivity index (χ4v) is 3.19. The van der Waals surface area contributed by atoms with Crippen molar-refractivity contribution >= 4 is 9.84 Å². The number of rotatable bonds is 9. The van der Waals surface area contributed by atoms with Crippen LogP contribution in [0.1, 0.15) is 31.7 Å². The first-order chi connectivity index (χ1) is 9.61. The molecule has 0 bridgehead atoms. The Labute approximate surface area is 121 Å². The SMILES string of the molecule is CCCS(=O)(=O)CCOc1ccccc1CNC1CC1. The van der Waals surface area contributed by atoms with Gasteiger partial charge >= 0.3 is 0 Å². The average molecular weight is 297 g/mol. The van der Waals surface area contributed by atoms with E-state index in [1.54, 1.807) is 0 Å². The van der Waals surface area contributed by atoms with Gasteiger partial charge in [-0.25, -0.2) is 8.42 Å². The molecule has 0 amide bonds. The monoisotopic (exact) mass is 297 g/mol. The highest BCUT2D eigenvalue weighted by Gasteiger charge is 2.20. The average Bonchev–Trinajstić information content (AvgIpc) is 3.21. The first-order valence-electron chi connectivity index (χ1n) is 7.25. The van der Waals surface area contributed by atoms with Crippen LogP contribution in [0.15, 0.2) is 24.3 Å². The lowest BCUT2D eigenvalue weighted by Gasteiger charge is -2.12. The van der Waals surface area contributed by atoms with Crippen LogP contribution >= 0.6 is 0 Å². The summed E-state index contributed by atoms with van der Waals surface area (Å²) < 4.78 is 28.9. The number of hydrogen-bond acceptors (Lipinski definition) is 4. The van der Waals surface area contributed by atoms with Crippen molar-refractivity contribution in [3.63, 3.8) is 0 Å². The Bertz CT molecular complexity index is 524. The van der Waals surface area contributed by atoms with E-state index in [-0.39, 0.29) is 18.1 Å². The third kappa shape index (κ3) is 5.13. The predicted octanol–water partition coefficient (Wildman–Crippen LogP) is 2.14. The highest BCUT2D eigenvalue weighted by atomic mass is 32.2. The van der Waals surface area contributed by atoms with Crippen LogP contribution < -0.4 is 10.1 Å². The number of sulfone groups is 1. The normalized spacial score (nSPS) is 15.2. The van der Waals surface area contributed by atoms with E-state index in [0.717, 1.165) is 17.9 Å². The molecule has 0 aromatic heterocycles. The van der Waals surface area contributed by atoms with Crippen LogP contribution in [0.5, 0.6) is 5.75 Å². The molecule has 1 aromatic rings. The summed E-state index contributed by atoms with van der Waals surface area (Å²) in [6, 6.07) is 8.45. The first-order valence-corrected chi connectivity index (χ1v) is 9.07. The molecule has 1 aliphatic rings. The van der Waals surface area contributed by atoms with Gasteiger partial charge in [-0.15, -0.1) is 0 Å². The molecule has 0 atom stereocenters. The second-order valence-corrected chi connectivity index (χ2v) is 7.57. The molecule has 0 unspecified atom stereocenters. The van der Waals surface area contributed by atoms with E-state index in [0.29, 0.717) is 12.5 Å². The molecule has 0 heterocycles. The lowest BCUT2D eigenvalue weighted by atomic mass is 10.2. The van der Waals surface area contributed by atoms with Gasteiger partial charge in [0.2, 0.25) is 0 Å². The summed E-state index contributed by atoms with van der Waals surface area (Å²) in [5.41, 5.74) is 1.09. The second kappa shape index (κ2) is 7.09. The van der Waals surface area contributed by atoms with Crippen molar-refractivity contribution < 1.29 is 13.2 Å². The van der Waals surface area contributed by atoms with Crippen molar-refractivity contribution in [2.24, 2.45) is 0 Å². The van der Waals surface area contributed by atoms with Gasteiger partial charge in [-0.2, -0.15) is 0 Å². The van der Waals surface area contributed by atoms with Crippen LogP contribution in [0.4, 0.5) is 0 Å². The van der Waals surface area contributed by atoms with Gasteiger partial charge < -0.3 is 10.1 Å². The quantitative estimate of drug-likeness (QED) is 0.759. The van der Waals surface area contributed by atoms with Crippen molar-refractivity contribution in [3.05, 3.63) is 29.8 Å². The van der Waals surface area contributed by atoms with Gasteiger partial charge in [0.05, 0.1) is 11.5 Å². The molecule has 0 saturated heterocycles. The molecule has 0 radical (unpaired) electrons. The van der Waals surface area contributed by atoms with Gasteiger partial charge in [-0.05, 0) is 25.3 Å². The molecule has 1 aliphatic carbocycles. The maximum Gasteiger partial charge on any atom is 0.153 e. The molecule has 1 N–H and O–H groups in total. The van der Waals surface area contributed by atoms with Gasteiger partial charge in [-0.1, -0.05) is 25.1 Å². The minimum absolute atomic E-state index is 0.0885. The summed E-state index contributed by atoms with van der Waals surface area (Å²) in [5, 5.41) is 3.44. The summed E-state index contributed by atoms with van der Waals surface area (Å²) in [7, 11) is -2.97. The standard InChI is InChI=1S/C15H23NO3S/c1-2-10-20(17,18)11-9-19-15-6-4-3-5-13(15)12-16-14-7-8-14/h3-6,14,16H,2,7-12H2,1H3. The summed E-state index contributed by atoms with van der Waals surface area (Å²) in [6.07, 6.45) is 3.15. The molecule has 0 spiro atoms. The number of para-hydroxylation sites is 1. The Balaban J connectivity index is 1.85. The number of hydrogen-bond donors (Lipinski definition) is 1. The van der Waals surface area contributed by atoms with E-state index in [4.69, 9.17) is 4.74 Å². The zero-order chi connectivity index (χ0) is 14.4. The molecule has 5 heteroatoms. The van der Waals surface area contributed by atoms with Crippen molar-refractivity contribution in [2.75, 3.05) is 18.1 Å². The molecule has 1 fully saturated rings. The van der Waals surface area contributed by atoms with Crippen molar-refractivity contribution in [2.45, 2.75) is 38.8 Å². The van der Waals surface area contributed by atoms with E-state index in [1.807, 2.05) is 31.2 Å². The fraction of sp³-hybridized carbons (Fsp3) is 0.600. The maximum atomic E-state index is 11.6. The maximum absolute atomic E-state index is 11.6. The second-order valence-electron chi connectivity index (χ2n) is 5.26. The fourth-order valence-electron chi connectivity index (χ4n) is 2.02. The van der Waals surface area contributed by atoms with Crippen LogP contribution in [0.25, 0.3) is 0 Å². The predicted molar refractivity (Wildman–Crippen MR) is 80.7 cm³/mol. The highest BCUT2D eigenvalue weighted by molar-refractivity contribution is 7.91. The molecular weight excluding hydrogens is 274 g/mol. The molecule has 1 saturated carbocycles. The molecular formula is C15H23NO3S. The van der Waals surface area contributed by atoms with Crippen molar-refractivity contribution in [1.29, 1.82) is 0 Å². The van der Waals surface area contributed by atoms with Crippen molar-refractivity contribution in [1.82, 2.24) is 5.32 Å². The Morgan fingerprint density at radius 3 is 2.70 bits per heavy atom. The zero-order valence-corrected chi connectivity index (χ0v) is 12.8. The summed E-state index contributed by atoms with van der Waals surface area (Å²) in [4.78, 5) is 0. The third-order valence-electron chi connectivity index (χ3n) is 3.30. The van der Waals surface area contributed by atoms with Crippen molar-refractivity contribution in [3.8, 4) is 5.75 Å². The lowest BCUT2D eigenvalue weighted by molar-refractivity contribution is 0.336. The highest BCUT2D eigenvalue weighted by Crippen LogP contribution is 2.22. The van der Waals surface area contributed by atoms with Gasteiger partial charge in [0.25, 0.3) is 0 Å². The van der Waals surface area contributed by atoms with Crippen LogP contribution in [-0.4, -0.2) is 32.6 Å². The Morgan fingerprint density at radius 1 is 1.25 bits per heavy atom. The first kappa shape index (κ1) is 15.3. The van der Waals surface area contributed by atoms with E-state index < -0.39 is 9.84 Å². The van der Waals surface area contributed by atoms with Crippen LogP contribution in [-0.2, 0) is 16.4 Å². The molecule has 20 heavy (non-hydrogen) atoms. The minimum Gasteiger partial charge on any atom is -0.492 e. The number of benzene rings is 1. The molecule has 4 nitrogen and oxygen atoms in total. The van der Waals surface area contributed by atoms with Crippen LogP contribution in [0, 0.1) is 0 Å². The third-order valence-corrected chi connectivity index (χ3v) is 5.12. The van der Waals surface area contributed by atoms with Crippen LogP contribution in [0.2, 0.25) is 0 Å². The minimum atomic E-state index is -2.97. The number of ether oxygens (including phenoxy) is 1. The summed E-state index contributed by atoms with van der Waals surface area (Å²) in [5.74, 6) is 1.11. The number of nitrogens with one attached hydrogen (secondary N) is 1. The smallest absolute Gasteiger partial charge is 0.153 e. The Kier molecular flexibility index (Phi) is 5.43. The largest absolute Gasteiger partial charge is 0.492 e. The van der Waals surface area contributed by atoms with E-state index in [2.05, 4.69) is 5.32 Å². The van der Waals surface area contributed by atoms with E-state index in [1.165, 1.54) is 12.8 Å². The van der Waals surface area contributed by atoms with Gasteiger partial charge in [0.1, 0.15) is 12.4 Å². The Hall–Kier alpha value is -1.07. The van der Waals surface area contributed by atoms with Gasteiger partial charge in [-0.3, -0.25) is 0 Å².